The number of carbonyl (C=O) groups excluding carboxylic acids is 1. The molecule has 2 unspecified atom stereocenters. The topological polar surface area (TPSA) is 86.0 Å². The lowest BCUT2D eigenvalue weighted by atomic mass is 9.89. The Kier molecular flexibility index (Phi) is 7.84. The van der Waals surface area contributed by atoms with Crippen molar-refractivity contribution in [3.05, 3.63) is 44.8 Å². The summed E-state index contributed by atoms with van der Waals surface area (Å²) in [6, 6.07) is 1.38. The number of hydrogen-bond donors (Lipinski definition) is 1. The Balaban J connectivity index is 3.11. The Morgan fingerprint density at radius 1 is 1.23 bits per heavy atom. The molecule has 0 aliphatic carbocycles. The summed E-state index contributed by atoms with van der Waals surface area (Å²) < 4.78 is 16.8. The van der Waals surface area contributed by atoms with E-state index in [9.17, 15) is 14.7 Å². The first-order valence-electron chi connectivity index (χ1n) is 10.3. The maximum atomic E-state index is 13.2. The van der Waals surface area contributed by atoms with Crippen molar-refractivity contribution >= 4 is 16.8 Å². The molecule has 2 rings (SSSR count). The number of carbonyl (C=O) groups is 1. The zero-order valence-corrected chi connectivity index (χ0v) is 18.9. The van der Waals surface area contributed by atoms with Crippen molar-refractivity contribution in [3.8, 4) is 11.5 Å². The largest absolute Gasteiger partial charge is 0.507 e. The molecule has 2 atom stereocenters. The maximum absolute atomic E-state index is 13.2. The molecular formula is C24H32O6. The van der Waals surface area contributed by atoms with Crippen molar-refractivity contribution in [3.63, 3.8) is 0 Å². The van der Waals surface area contributed by atoms with Crippen molar-refractivity contribution in [1.82, 2.24) is 0 Å². The highest BCUT2D eigenvalue weighted by Gasteiger charge is 2.30. The van der Waals surface area contributed by atoms with E-state index in [0.29, 0.717) is 41.5 Å². The molecule has 1 N–H and O–H groups in total. The van der Waals surface area contributed by atoms with E-state index in [0.717, 1.165) is 5.57 Å². The van der Waals surface area contributed by atoms with E-state index in [1.54, 1.807) is 14.0 Å². The number of ketones is 1. The van der Waals surface area contributed by atoms with Crippen LogP contribution in [0.5, 0.6) is 11.5 Å². The average molecular weight is 417 g/mol. The third-order valence-electron chi connectivity index (χ3n) is 5.47. The molecule has 0 bridgehead atoms. The second kappa shape index (κ2) is 9.94. The van der Waals surface area contributed by atoms with Crippen LogP contribution < -0.4 is 10.4 Å². The molecule has 0 spiro atoms. The second-order valence-electron chi connectivity index (χ2n) is 7.75. The summed E-state index contributed by atoms with van der Waals surface area (Å²) in [5.41, 5.74) is 1.61. The van der Waals surface area contributed by atoms with Crippen molar-refractivity contribution < 1.29 is 23.8 Å². The van der Waals surface area contributed by atoms with Crippen LogP contribution in [0.2, 0.25) is 0 Å². The van der Waals surface area contributed by atoms with Gasteiger partial charge in [0.1, 0.15) is 17.1 Å². The number of benzene rings is 1. The second-order valence-corrected chi connectivity index (χ2v) is 7.75. The Labute approximate surface area is 177 Å². The van der Waals surface area contributed by atoms with Gasteiger partial charge in [-0.05, 0) is 33.1 Å². The standard InChI is InChI=1S/C24H32O6/c1-8-14(5)21(26)20-22(27)15(11-10-13(3)4)23(29-7)19-16(17(9-2)28-6)12-18(25)30-24(19)20/h10,12,14,17,27H,8-9,11H2,1-7H3. The first-order chi connectivity index (χ1) is 14.2. The number of fused-ring (bicyclic) bond motifs is 1. The Hall–Kier alpha value is -2.60. The van der Waals surface area contributed by atoms with Gasteiger partial charge in [-0.15, -0.1) is 0 Å². The van der Waals surface area contributed by atoms with Gasteiger partial charge in [-0.1, -0.05) is 32.4 Å². The van der Waals surface area contributed by atoms with E-state index in [1.807, 2.05) is 33.8 Å². The normalized spacial score (nSPS) is 13.2. The van der Waals surface area contributed by atoms with Gasteiger partial charge in [0.25, 0.3) is 0 Å². The van der Waals surface area contributed by atoms with Crippen molar-refractivity contribution in [2.24, 2.45) is 5.92 Å². The van der Waals surface area contributed by atoms with Gasteiger partial charge in [-0.3, -0.25) is 4.79 Å². The van der Waals surface area contributed by atoms with Crippen molar-refractivity contribution in [2.75, 3.05) is 14.2 Å². The van der Waals surface area contributed by atoms with Gasteiger partial charge in [-0.25, -0.2) is 4.79 Å². The van der Waals surface area contributed by atoms with Gasteiger partial charge in [0.2, 0.25) is 0 Å². The van der Waals surface area contributed by atoms with Crippen LogP contribution in [0.1, 0.15) is 75.0 Å². The molecule has 0 radical (unpaired) electrons. The zero-order valence-electron chi connectivity index (χ0n) is 18.9. The van der Waals surface area contributed by atoms with Gasteiger partial charge < -0.3 is 19.0 Å². The monoisotopic (exact) mass is 416 g/mol. The molecule has 6 heteroatoms. The highest BCUT2D eigenvalue weighted by Crippen LogP contribution is 2.44. The number of aromatic hydroxyl groups is 1. The number of methoxy groups -OCH3 is 2. The fourth-order valence-corrected chi connectivity index (χ4v) is 3.59. The summed E-state index contributed by atoms with van der Waals surface area (Å²) in [6.07, 6.45) is 3.13. The quantitative estimate of drug-likeness (QED) is 0.337. The first kappa shape index (κ1) is 23.7. The highest BCUT2D eigenvalue weighted by atomic mass is 16.5. The molecule has 164 valence electrons. The molecule has 0 aliphatic heterocycles. The summed E-state index contributed by atoms with van der Waals surface area (Å²) in [7, 11) is 3.07. The predicted molar refractivity (Wildman–Crippen MR) is 118 cm³/mol. The SMILES string of the molecule is CCC(C)C(=O)c1c(O)c(CC=C(C)C)c(OC)c2c(C(CC)OC)cc(=O)oc12. The third-order valence-corrected chi connectivity index (χ3v) is 5.47. The summed E-state index contributed by atoms with van der Waals surface area (Å²) in [5, 5.41) is 11.6. The minimum Gasteiger partial charge on any atom is -0.507 e. The van der Waals surface area contributed by atoms with Crippen molar-refractivity contribution in [1.29, 1.82) is 0 Å². The van der Waals surface area contributed by atoms with Crippen LogP contribution in [0.3, 0.4) is 0 Å². The van der Waals surface area contributed by atoms with E-state index in [-0.39, 0.29) is 28.6 Å². The molecule has 0 aliphatic rings. The van der Waals surface area contributed by atoms with Crippen LogP contribution in [-0.4, -0.2) is 25.1 Å². The fraction of sp³-hybridized carbons (Fsp3) is 0.500. The lowest BCUT2D eigenvalue weighted by molar-refractivity contribution is 0.0924. The first-order valence-corrected chi connectivity index (χ1v) is 10.3. The van der Waals surface area contributed by atoms with Crippen LogP contribution in [0.25, 0.3) is 11.0 Å². The lowest BCUT2D eigenvalue weighted by Gasteiger charge is -2.22. The van der Waals surface area contributed by atoms with Crippen LogP contribution in [0.15, 0.2) is 26.9 Å². The van der Waals surface area contributed by atoms with Crippen LogP contribution in [-0.2, 0) is 11.2 Å². The molecule has 1 aromatic heterocycles. The Morgan fingerprint density at radius 2 is 1.90 bits per heavy atom. The smallest absolute Gasteiger partial charge is 0.336 e. The third kappa shape index (κ3) is 4.43. The van der Waals surface area contributed by atoms with Gasteiger partial charge >= 0.3 is 5.63 Å². The highest BCUT2D eigenvalue weighted by molar-refractivity contribution is 6.12. The summed E-state index contributed by atoms with van der Waals surface area (Å²) >= 11 is 0. The molecule has 0 saturated heterocycles. The summed E-state index contributed by atoms with van der Waals surface area (Å²) in [5.74, 6) is -0.433. The molecule has 1 heterocycles. The Bertz CT molecular complexity index is 1010. The molecular weight excluding hydrogens is 384 g/mol. The van der Waals surface area contributed by atoms with E-state index in [2.05, 4.69) is 0 Å². The molecule has 0 amide bonds. The minimum absolute atomic E-state index is 0.0298. The van der Waals surface area contributed by atoms with Crippen molar-refractivity contribution in [2.45, 2.75) is 60.0 Å². The van der Waals surface area contributed by atoms with E-state index >= 15 is 0 Å². The minimum atomic E-state index is -0.607. The number of allylic oxidation sites excluding steroid dienone is 2. The predicted octanol–water partition coefficient (Wildman–Crippen LogP) is 5.34. The van der Waals surface area contributed by atoms with Gasteiger partial charge in [-0.2, -0.15) is 0 Å². The average Bonchev–Trinajstić information content (AvgIpc) is 2.71. The summed E-state index contributed by atoms with van der Waals surface area (Å²) in [6.45, 7) is 9.54. The molecule has 0 saturated carbocycles. The van der Waals surface area contributed by atoms with E-state index in [4.69, 9.17) is 13.9 Å². The number of Topliss-reactive ketones (excluding diaryl/α,β-unsaturated/α-hetero) is 1. The summed E-state index contributed by atoms with van der Waals surface area (Å²) in [4.78, 5) is 25.6. The molecule has 6 nitrogen and oxygen atoms in total. The van der Waals surface area contributed by atoms with Crippen LogP contribution in [0, 0.1) is 5.92 Å². The van der Waals surface area contributed by atoms with Gasteiger partial charge in [0.05, 0.1) is 18.6 Å². The number of ether oxygens (including phenoxy) is 2. The lowest BCUT2D eigenvalue weighted by Crippen LogP contribution is -2.15. The maximum Gasteiger partial charge on any atom is 0.336 e. The van der Waals surface area contributed by atoms with Crippen LogP contribution in [0.4, 0.5) is 0 Å². The fourth-order valence-electron chi connectivity index (χ4n) is 3.59. The molecule has 2 aromatic rings. The zero-order chi connectivity index (χ0) is 22.6. The number of phenols is 1. The molecule has 30 heavy (non-hydrogen) atoms. The van der Waals surface area contributed by atoms with Gasteiger partial charge in [0.15, 0.2) is 11.4 Å². The van der Waals surface area contributed by atoms with Crippen LogP contribution >= 0.6 is 0 Å². The Morgan fingerprint density at radius 3 is 2.40 bits per heavy atom. The van der Waals surface area contributed by atoms with Gasteiger partial charge in [0, 0.05) is 30.2 Å². The van der Waals surface area contributed by atoms with E-state index in [1.165, 1.54) is 13.2 Å². The molecule has 1 aromatic carbocycles. The van der Waals surface area contributed by atoms with E-state index < -0.39 is 11.7 Å². The molecule has 0 fully saturated rings. The number of phenolic OH excluding ortho intramolecular Hbond substituents is 1. The number of hydrogen-bond acceptors (Lipinski definition) is 6. The number of rotatable bonds is 9.